The van der Waals surface area contributed by atoms with Crippen molar-refractivity contribution < 1.29 is 22.7 Å². The van der Waals surface area contributed by atoms with Crippen LogP contribution in [0, 0.1) is 11.6 Å². The fourth-order valence-corrected chi connectivity index (χ4v) is 2.95. The van der Waals surface area contributed by atoms with Crippen LogP contribution in [0.5, 0.6) is 5.75 Å². The molecule has 1 amide bonds. The highest BCUT2D eigenvalue weighted by Gasteiger charge is 2.15. The van der Waals surface area contributed by atoms with Gasteiger partial charge in [0, 0.05) is 11.1 Å². The lowest BCUT2D eigenvalue weighted by atomic mass is 10.2. The molecule has 0 radical (unpaired) electrons. The summed E-state index contributed by atoms with van der Waals surface area (Å²) in [6.45, 7) is 0.300. The first-order valence-corrected chi connectivity index (χ1v) is 9.46. The third-order valence-corrected chi connectivity index (χ3v) is 4.38. The minimum Gasteiger partial charge on any atom is -0.483 e. The van der Waals surface area contributed by atoms with Gasteiger partial charge >= 0.3 is 0 Å². The first-order chi connectivity index (χ1) is 15.0. The minimum absolute atomic E-state index is 0.00405. The molecule has 0 spiro atoms. The predicted molar refractivity (Wildman–Crippen MR) is 108 cm³/mol. The van der Waals surface area contributed by atoms with E-state index in [0.717, 1.165) is 17.7 Å². The Morgan fingerprint density at radius 2 is 2.03 bits per heavy atom. The van der Waals surface area contributed by atoms with E-state index < -0.39 is 17.5 Å². The van der Waals surface area contributed by atoms with Gasteiger partial charge in [-0.2, -0.15) is 0 Å². The summed E-state index contributed by atoms with van der Waals surface area (Å²) in [5.74, 6) is -1.82. The molecule has 4 aromatic rings. The number of amides is 1. The highest BCUT2D eigenvalue weighted by atomic mass is 35.5. The Kier molecular flexibility index (Phi) is 5.94. The summed E-state index contributed by atoms with van der Waals surface area (Å²) in [4.78, 5) is 16.4. The molecule has 2 aromatic heterocycles. The first-order valence-electron chi connectivity index (χ1n) is 9.08. The average molecular weight is 445 g/mol. The molecule has 0 saturated carbocycles. The van der Waals surface area contributed by atoms with Gasteiger partial charge in [-0.05, 0) is 42.0 Å². The largest absolute Gasteiger partial charge is 0.483 e. The van der Waals surface area contributed by atoms with Crippen LogP contribution in [0.2, 0.25) is 5.02 Å². The zero-order valence-electron chi connectivity index (χ0n) is 15.9. The van der Waals surface area contributed by atoms with E-state index in [4.69, 9.17) is 20.8 Å². The van der Waals surface area contributed by atoms with Gasteiger partial charge < -0.3 is 9.15 Å². The Labute approximate surface area is 180 Å². The summed E-state index contributed by atoms with van der Waals surface area (Å²) in [5, 5.41) is 7.34. The lowest BCUT2D eigenvalue weighted by Gasteiger charge is -2.05. The standard InChI is InChI=1S/C21H15ClF2N4O3/c22-14-3-1-2-13(8-14)10-28-12-25-21(27-28)26-20(29)19-7-5-16(31-19)11-30-18-6-4-15(23)9-17(18)24/h1-9,12H,10-11H2,(H,26,27,29). The van der Waals surface area contributed by atoms with E-state index in [0.29, 0.717) is 11.6 Å². The maximum absolute atomic E-state index is 13.6. The third-order valence-electron chi connectivity index (χ3n) is 4.14. The topological polar surface area (TPSA) is 82.2 Å². The highest BCUT2D eigenvalue weighted by molar-refractivity contribution is 6.30. The van der Waals surface area contributed by atoms with Crippen molar-refractivity contribution >= 4 is 23.5 Å². The molecular formula is C21H15ClF2N4O3. The molecule has 0 atom stereocenters. The summed E-state index contributed by atoms with van der Waals surface area (Å²) in [7, 11) is 0. The second-order valence-corrected chi connectivity index (χ2v) is 6.92. The van der Waals surface area contributed by atoms with Crippen molar-refractivity contribution in [1.29, 1.82) is 0 Å². The van der Waals surface area contributed by atoms with Crippen LogP contribution in [0.4, 0.5) is 14.7 Å². The molecule has 0 unspecified atom stereocenters. The molecule has 0 bridgehead atoms. The molecule has 0 aliphatic rings. The normalized spacial score (nSPS) is 10.8. The van der Waals surface area contributed by atoms with Gasteiger partial charge in [0.25, 0.3) is 5.91 Å². The second kappa shape index (κ2) is 8.97. The number of aromatic nitrogens is 3. The fourth-order valence-electron chi connectivity index (χ4n) is 2.73. The van der Waals surface area contributed by atoms with Gasteiger partial charge in [0.15, 0.2) is 17.3 Å². The van der Waals surface area contributed by atoms with Gasteiger partial charge in [-0.3, -0.25) is 10.1 Å². The molecule has 7 nitrogen and oxygen atoms in total. The van der Waals surface area contributed by atoms with Gasteiger partial charge in [0.05, 0.1) is 6.54 Å². The van der Waals surface area contributed by atoms with Gasteiger partial charge in [-0.15, -0.1) is 5.10 Å². The molecule has 0 fully saturated rings. The van der Waals surface area contributed by atoms with Crippen LogP contribution in [-0.2, 0) is 13.2 Å². The number of carbonyl (C=O) groups excluding carboxylic acids is 1. The number of anilines is 1. The molecule has 31 heavy (non-hydrogen) atoms. The van der Waals surface area contributed by atoms with E-state index >= 15 is 0 Å². The Morgan fingerprint density at radius 3 is 2.84 bits per heavy atom. The summed E-state index contributed by atoms with van der Waals surface area (Å²) < 4.78 is 38.8. The van der Waals surface area contributed by atoms with Crippen LogP contribution in [0.1, 0.15) is 21.9 Å². The third kappa shape index (κ3) is 5.26. The van der Waals surface area contributed by atoms with Crippen molar-refractivity contribution in [3.8, 4) is 5.75 Å². The highest BCUT2D eigenvalue weighted by Crippen LogP contribution is 2.20. The van der Waals surface area contributed by atoms with E-state index in [9.17, 15) is 13.6 Å². The Morgan fingerprint density at radius 1 is 1.16 bits per heavy atom. The van der Waals surface area contributed by atoms with Crippen LogP contribution >= 0.6 is 11.6 Å². The lowest BCUT2D eigenvalue weighted by molar-refractivity contribution is 0.0991. The molecule has 0 aliphatic carbocycles. The molecule has 2 heterocycles. The monoisotopic (exact) mass is 444 g/mol. The van der Waals surface area contributed by atoms with Gasteiger partial charge in [-0.25, -0.2) is 18.4 Å². The van der Waals surface area contributed by atoms with E-state index in [1.54, 1.807) is 10.7 Å². The molecule has 158 valence electrons. The van der Waals surface area contributed by atoms with Crippen LogP contribution in [0.25, 0.3) is 0 Å². The fraction of sp³-hybridized carbons (Fsp3) is 0.0952. The maximum Gasteiger partial charge on any atom is 0.293 e. The quantitative estimate of drug-likeness (QED) is 0.447. The number of hydrogen-bond acceptors (Lipinski definition) is 5. The number of benzene rings is 2. The number of carbonyl (C=O) groups is 1. The smallest absolute Gasteiger partial charge is 0.293 e. The van der Waals surface area contributed by atoms with Gasteiger partial charge in [0.2, 0.25) is 5.95 Å². The van der Waals surface area contributed by atoms with Crippen LogP contribution in [0.15, 0.2) is 65.3 Å². The van der Waals surface area contributed by atoms with E-state index in [-0.39, 0.29) is 29.8 Å². The van der Waals surface area contributed by atoms with E-state index in [2.05, 4.69) is 15.4 Å². The lowest BCUT2D eigenvalue weighted by Crippen LogP contribution is -2.12. The zero-order valence-corrected chi connectivity index (χ0v) is 16.6. The summed E-state index contributed by atoms with van der Waals surface area (Å²) in [6, 6.07) is 13.2. The van der Waals surface area contributed by atoms with Crippen molar-refractivity contribution in [3.63, 3.8) is 0 Å². The number of hydrogen-bond donors (Lipinski definition) is 1. The number of ether oxygens (including phenoxy) is 1. The molecule has 2 aromatic carbocycles. The number of halogens is 3. The van der Waals surface area contributed by atoms with Crippen molar-refractivity contribution in [2.24, 2.45) is 0 Å². The molecule has 1 N–H and O–H groups in total. The zero-order chi connectivity index (χ0) is 21.8. The first kappa shape index (κ1) is 20.5. The minimum atomic E-state index is -0.830. The van der Waals surface area contributed by atoms with Crippen LogP contribution in [0.3, 0.4) is 0 Å². The summed E-state index contributed by atoms with van der Waals surface area (Å²) in [5.41, 5.74) is 0.934. The van der Waals surface area contributed by atoms with E-state index in [1.165, 1.54) is 24.5 Å². The van der Waals surface area contributed by atoms with Crippen LogP contribution in [-0.4, -0.2) is 20.7 Å². The van der Waals surface area contributed by atoms with Crippen LogP contribution < -0.4 is 10.1 Å². The maximum atomic E-state index is 13.6. The van der Waals surface area contributed by atoms with Crippen molar-refractivity contribution in [1.82, 2.24) is 14.8 Å². The number of furan rings is 1. The second-order valence-electron chi connectivity index (χ2n) is 6.48. The Balaban J connectivity index is 1.34. The molecule has 0 saturated heterocycles. The Hall–Kier alpha value is -3.72. The van der Waals surface area contributed by atoms with Crippen molar-refractivity contribution in [2.75, 3.05) is 5.32 Å². The molecule has 4 rings (SSSR count). The Bertz CT molecular complexity index is 1220. The van der Waals surface area contributed by atoms with Crippen molar-refractivity contribution in [3.05, 3.63) is 94.7 Å². The molecule has 0 aliphatic heterocycles. The number of nitrogens with zero attached hydrogens (tertiary/aromatic N) is 3. The predicted octanol–water partition coefficient (Wildman–Crippen LogP) is 4.68. The summed E-state index contributed by atoms with van der Waals surface area (Å²) in [6.07, 6.45) is 1.48. The average Bonchev–Trinajstić information content (AvgIpc) is 3.37. The van der Waals surface area contributed by atoms with Gasteiger partial charge in [0.1, 0.15) is 24.5 Å². The number of rotatable bonds is 7. The SMILES string of the molecule is O=C(Nc1ncn(Cc2cccc(Cl)c2)n1)c1ccc(COc2ccc(F)cc2F)o1. The summed E-state index contributed by atoms with van der Waals surface area (Å²) >= 11 is 5.97. The van der Waals surface area contributed by atoms with Crippen molar-refractivity contribution in [2.45, 2.75) is 13.2 Å². The molecule has 10 heteroatoms. The van der Waals surface area contributed by atoms with Gasteiger partial charge in [-0.1, -0.05) is 23.7 Å². The van der Waals surface area contributed by atoms with E-state index in [1.807, 2.05) is 18.2 Å². The molecular weight excluding hydrogens is 430 g/mol. The number of nitrogens with one attached hydrogen (secondary N) is 1.